The second kappa shape index (κ2) is 28.3. The number of aliphatic hydroxyl groups is 2. The summed E-state index contributed by atoms with van der Waals surface area (Å²) >= 11 is 17.3. The Hall–Kier alpha value is -8.70. The third-order valence-corrected chi connectivity index (χ3v) is 15.1. The topological polar surface area (TPSA) is 241 Å². The molecule has 5 N–H and O–H groups in total. The number of fused-ring (bicyclic) bond motifs is 3. The summed E-state index contributed by atoms with van der Waals surface area (Å²) in [6.45, 7) is 3.65. The minimum absolute atomic E-state index is 0.152. The minimum atomic E-state index is 0.152. The molecule has 2 fully saturated rings. The van der Waals surface area contributed by atoms with Crippen LogP contribution in [0.15, 0.2) is 165 Å². The van der Waals surface area contributed by atoms with E-state index in [0.717, 1.165) is 106 Å². The van der Waals surface area contributed by atoms with Gasteiger partial charge in [0.2, 0.25) is 10.6 Å². The maximum Gasteiger partial charge on any atom is 0.242 e. The van der Waals surface area contributed by atoms with E-state index in [-0.39, 0.29) is 29.0 Å². The van der Waals surface area contributed by atoms with Gasteiger partial charge in [-0.2, -0.15) is 5.10 Å². The molecule has 1 saturated carbocycles. The van der Waals surface area contributed by atoms with Crippen molar-refractivity contribution in [2.24, 2.45) is 5.92 Å². The molecule has 14 rings (SSSR count). The maximum absolute atomic E-state index is 9.74. The molecule has 85 heavy (non-hydrogen) atoms. The van der Waals surface area contributed by atoms with Gasteiger partial charge >= 0.3 is 0 Å². The van der Waals surface area contributed by atoms with E-state index in [1.54, 1.807) is 48.3 Å². The van der Waals surface area contributed by atoms with Crippen molar-refractivity contribution in [1.29, 1.82) is 0 Å². The molecule has 0 bridgehead atoms. The van der Waals surface area contributed by atoms with Gasteiger partial charge in [-0.05, 0) is 165 Å². The van der Waals surface area contributed by atoms with Gasteiger partial charge in [0.05, 0.1) is 73.5 Å². The van der Waals surface area contributed by atoms with Crippen LogP contribution in [0.4, 0.5) is 5.82 Å². The normalized spacial score (nSPS) is 15.3. The van der Waals surface area contributed by atoms with Crippen molar-refractivity contribution >= 4 is 57.2 Å². The molecule has 10 heterocycles. The number of nitrogens with one attached hydrogen (secondary N) is 1. The summed E-state index contributed by atoms with van der Waals surface area (Å²) in [7, 11) is 3.32. The van der Waals surface area contributed by atoms with Crippen LogP contribution in [0.25, 0.3) is 33.6 Å². The number of aromatic nitrogens is 15. The van der Waals surface area contributed by atoms with Crippen LogP contribution in [-0.4, -0.2) is 123 Å². The average Bonchev–Trinajstić information content (AvgIpc) is 3.68. The molecule has 1 aliphatic carbocycles. The number of nitrogens with two attached hydrogens (primary N) is 1. The van der Waals surface area contributed by atoms with Gasteiger partial charge in [-0.1, -0.05) is 35.7 Å². The van der Waals surface area contributed by atoms with E-state index in [1.165, 1.54) is 12.0 Å². The lowest BCUT2D eigenvalue weighted by atomic mass is 9.96. The monoisotopic (exact) mass is 1200 g/mol. The number of nitrogens with zero attached hydrogens (tertiary/aromatic N) is 15. The van der Waals surface area contributed by atoms with Crippen molar-refractivity contribution in [3.63, 3.8) is 0 Å². The molecular weight excluding hydrogens is 1140 g/mol. The van der Waals surface area contributed by atoms with Crippen LogP contribution in [0, 0.1) is 12.8 Å². The lowest BCUT2D eigenvalue weighted by Gasteiger charge is -2.17. The second-order valence-corrected chi connectivity index (χ2v) is 21.3. The number of aliphatic hydroxyl groups excluding tert-OH is 2. The number of benzene rings is 3. The highest BCUT2D eigenvalue weighted by atomic mass is 35.5. The predicted molar refractivity (Wildman–Crippen MR) is 328 cm³/mol. The number of hydrogen-bond donors (Lipinski definition) is 4. The van der Waals surface area contributed by atoms with Gasteiger partial charge in [0, 0.05) is 79.5 Å². The summed E-state index contributed by atoms with van der Waals surface area (Å²) < 4.78 is 21.5. The largest absolute Gasteiger partial charge is 0.497 e. The van der Waals surface area contributed by atoms with Crippen molar-refractivity contribution in [3.8, 4) is 28.6 Å². The number of rotatable bonds is 12. The average molecular weight is 1210 g/mol. The van der Waals surface area contributed by atoms with Gasteiger partial charge < -0.3 is 44.4 Å². The van der Waals surface area contributed by atoms with Crippen molar-refractivity contribution in [2.45, 2.75) is 63.8 Å². The van der Waals surface area contributed by atoms with E-state index < -0.39 is 0 Å². The number of hydrogen-bond acceptors (Lipinski definition) is 15. The molecule has 1 aliphatic heterocycles. The molecule has 1 saturated heterocycles. The smallest absolute Gasteiger partial charge is 0.242 e. The van der Waals surface area contributed by atoms with Crippen LogP contribution in [0.5, 0.6) is 11.5 Å². The molecule has 2 aliphatic rings. The second-order valence-electron chi connectivity index (χ2n) is 20.2. The molecule has 438 valence electrons. The van der Waals surface area contributed by atoms with Crippen LogP contribution in [0.2, 0.25) is 15.7 Å². The summed E-state index contributed by atoms with van der Waals surface area (Å²) in [5.74, 6) is 3.50. The number of imidazole rings is 3. The van der Waals surface area contributed by atoms with Crippen molar-refractivity contribution in [1.82, 2.24) is 77.8 Å². The fraction of sp³-hybridized carbons (Fsp3) is 0.262. The zero-order valence-corrected chi connectivity index (χ0v) is 49.3. The molecule has 3 atom stereocenters. The van der Waals surface area contributed by atoms with E-state index in [4.69, 9.17) is 65.2 Å². The lowest BCUT2D eigenvalue weighted by molar-refractivity contribution is 0.214. The minimum Gasteiger partial charge on any atom is -0.497 e. The number of methoxy groups -OCH3 is 2. The Morgan fingerprint density at radius 3 is 1.58 bits per heavy atom. The number of nitrogen functional groups attached to an aromatic ring is 1. The Kier molecular flexibility index (Phi) is 19.8. The molecule has 9 aromatic heterocycles. The third-order valence-electron chi connectivity index (χ3n) is 14.5. The molecular formula is C61H64Cl3N17O4. The van der Waals surface area contributed by atoms with E-state index in [9.17, 15) is 5.11 Å². The number of ether oxygens (including phenoxy) is 2. The first kappa shape index (κ1) is 59.5. The highest BCUT2D eigenvalue weighted by Crippen LogP contribution is 2.38. The third kappa shape index (κ3) is 15.2. The molecule has 12 aromatic rings. The van der Waals surface area contributed by atoms with Crippen molar-refractivity contribution in [2.75, 3.05) is 39.7 Å². The highest BCUT2D eigenvalue weighted by Gasteiger charge is 2.31. The molecule has 21 nitrogen and oxygen atoms in total. The van der Waals surface area contributed by atoms with Crippen LogP contribution in [0.1, 0.15) is 72.2 Å². The first-order valence-electron chi connectivity index (χ1n) is 27.6. The fourth-order valence-corrected chi connectivity index (χ4v) is 10.6. The first-order valence-corrected chi connectivity index (χ1v) is 28.7. The van der Waals surface area contributed by atoms with E-state index >= 15 is 0 Å². The molecule has 0 spiro atoms. The van der Waals surface area contributed by atoms with Crippen LogP contribution < -0.4 is 20.5 Å². The summed E-state index contributed by atoms with van der Waals surface area (Å²) in [6.07, 6.45) is 23.5. The Balaban J connectivity index is 0.000000129. The van der Waals surface area contributed by atoms with Crippen LogP contribution >= 0.6 is 34.8 Å². The molecule has 3 aromatic carbocycles. The van der Waals surface area contributed by atoms with Gasteiger partial charge in [0.15, 0.2) is 11.0 Å². The van der Waals surface area contributed by atoms with Gasteiger partial charge in [0.25, 0.3) is 0 Å². The van der Waals surface area contributed by atoms with E-state index in [0.29, 0.717) is 36.5 Å². The van der Waals surface area contributed by atoms with Crippen LogP contribution in [-0.2, 0) is 12.8 Å². The summed E-state index contributed by atoms with van der Waals surface area (Å²) in [6, 6.07) is 35.9. The Bertz CT molecular complexity index is 4060. The standard InChI is InChI=1S/C23H25N5O2.C17H14ClN5O.C10H11N3.C6H3Cl2N3.C5H11NO/c1-30-19-9-7-18(8-10-19)27-13-17(24-15-27)12-21-22-6-3-11-28(22)26-23(25-21)20-5-2-4-16(20)14-29;1-24-14-6-4-13(5-7-14)22-10-12(19-11-22)9-15-16-3-2-8-23(16)21-17(18)20-15;1-8-2-4-9(5-3-8)13-6-10(11)12-7-13;7-5-4-2-1-3-11(4)10-6(8)9-5;7-4-5-2-1-3-6-5/h3,6-11,13,15-16,20,29H,2,4-5,12,14H2,1H3;2-8,10-11H,9H2,1H3;2-7H,11H2,1H3;1-3H;5-7H,1-4H2/t16-,20?;;;;5-/m0...0/s1. The summed E-state index contributed by atoms with van der Waals surface area (Å²) in [4.78, 5) is 26.1. The summed E-state index contributed by atoms with van der Waals surface area (Å²) in [5, 5.41) is 34.9. The summed E-state index contributed by atoms with van der Waals surface area (Å²) in [5.41, 5.74) is 16.2. The first-order chi connectivity index (χ1) is 41.4. The van der Waals surface area contributed by atoms with Crippen molar-refractivity contribution in [3.05, 3.63) is 215 Å². The number of anilines is 1. The molecule has 0 radical (unpaired) electrons. The Morgan fingerprint density at radius 1 is 0.565 bits per heavy atom. The predicted octanol–water partition coefficient (Wildman–Crippen LogP) is 10.1. The maximum atomic E-state index is 9.74. The fourth-order valence-electron chi connectivity index (χ4n) is 10.0. The number of halogens is 3. The number of aryl methyl sites for hydroxylation is 1. The SMILES string of the molecule is COc1ccc(-n2cnc(Cc3nc(C4CCC[C@H]4CO)nn4cccc34)c2)cc1.COc1ccc(-n2cnc(Cc3nc(Cl)nn4cccc34)c2)cc1.Cc1ccc(-n2cnc(N)c2)cc1.Clc1nc(Cl)c2cccn2n1.OC[C@@H]1CCCN1. The van der Waals surface area contributed by atoms with Gasteiger partial charge in [-0.25, -0.2) is 43.5 Å². The zero-order chi connectivity index (χ0) is 59.2. The van der Waals surface area contributed by atoms with E-state index in [2.05, 4.69) is 59.5 Å². The molecule has 24 heteroatoms. The van der Waals surface area contributed by atoms with Gasteiger partial charge in [0.1, 0.15) is 29.2 Å². The van der Waals surface area contributed by atoms with Gasteiger partial charge in [-0.15, -0.1) is 10.2 Å². The zero-order valence-electron chi connectivity index (χ0n) is 47.0. The van der Waals surface area contributed by atoms with Crippen molar-refractivity contribution < 1.29 is 19.7 Å². The van der Waals surface area contributed by atoms with Gasteiger partial charge in [-0.3, -0.25) is 0 Å². The Labute approximate surface area is 505 Å². The quantitative estimate of drug-likeness (QED) is 0.0890. The van der Waals surface area contributed by atoms with Crippen LogP contribution in [0.3, 0.4) is 0 Å². The highest BCUT2D eigenvalue weighted by molar-refractivity contribution is 6.34. The Morgan fingerprint density at radius 2 is 1.07 bits per heavy atom. The molecule has 1 unspecified atom stereocenters. The van der Waals surface area contributed by atoms with E-state index in [1.807, 2.05) is 146 Å². The molecule has 0 amide bonds. The lowest BCUT2D eigenvalue weighted by Crippen LogP contribution is -2.24.